The normalized spacial score (nSPS) is 22.9. The first-order chi connectivity index (χ1) is 9.13. The molecule has 0 radical (unpaired) electrons. The van der Waals surface area contributed by atoms with Gasteiger partial charge in [-0.3, -0.25) is 4.79 Å². The van der Waals surface area contributed by atoms with E-state index in [9.17, 15) is 4.79 Å². The van der Waals surface area contributed by atoms with Gasteiger partial charge < -0.3 is 4.74 Å². The minimum absolute atomic E-state index is 0.239. The number of benzene rings is 1. The summed E-state index contributed by atoms with van der Waals surface area (Å²) in [4.78, 5) is 12.7. The zero-order valence-electron chi connectivity index (χ0n) is 12.1. The minimum atomic E-state index is 0.239. The highest BCUT2D eigenvalue weighted by Crippen LogP contribution is 2.42. The molecule has 2 nitrogen and oxygen atoms in total. The summed E-state index contributed by atoms with van der Waals surface area (Å²) in [5, 5.41) is 0. The van der Waals surface area contributed by atoms with Crippen LogP contribution in [-0.2, 0) is 6.42 Å². The van der Waals surface area contributed by atoms with Gasteiger partial charge in [0.1, 0.15) is 5.75 Å². The number of hydrogen-bond donors (Lipinski definition) is 0. The largest absolute Gasteiger partial charge is 0.496 e. The number of hydrogen-bond acceptors (Lipinski definition) is 2. The zero-order valence-corrected chi connectivity index (χ0v) is 12.1. The Morgan fingerprint density at radius 3 is 2.47 bits per heavy atom. The van der Waals surface area contributed by atoms with Crippen LogP contribution in [-0.4, -0.2) is 12.9 Å². The Labute approximate surface area is 115 Å². The summed E-state index contributed by atoms with van der Waals surface area (Å²) in [5.41, 5.74) is 4.44. The van der Waals surface area contributed by atoms with E-state index in [1.165, 1.54) is 31.2 Å². The lowest BCUT2D eigenvalue weighted by atomic mass is 9.87. The summed E-state index contributed by atoms with van der Waals surface area (Å²) >= 11 is 0. The molecule has 2 aliphatic rings. The van der Waals surface area contributed by atoms with Gasteiger partial charge in [0.25, 0.3) is 0 Å². The van der Waals surface area contributed by atoms with Crippen LogP contribution < -0.4 is 4.74 Å². The van der Waals surface area contributed by atoms with Gasteiger partial charge in [0.2, 0.25) is 0 Å². The topological polar surface area (TPSA) is 26.3 Å². The van der Waals surface area contributed by atoms with Crippen molar-refractivity contribution < 1.29 is 9.53 Å². The number of carbonyl (C=O) groups is 1. The molecule has 102 valence electrons. The van der Waals surface area contributed by atoms with E-state index in [0.717, 1.165) is 28.9 Å². The first-order valence-electron chi connectivity index (χ1n) is 7.34. The Kier molecular flexibility index (Phi) is 3.12. The molecule has 0 N–H and O–H groups in total. The summed E-state index contributed by atoms with van der Waals surface area (Å²) in [5.74, 6) is 2.18. The van der Waals surface area contributed by atoms with Crippen molar-refractivity contribution >= 4 is 5.78 Å². The van der Waals surface area contributed by atoms with Crippen molar-refractivity contribution in [1.29, 1.82) is 0 Å². The quantitative estimate of drug-likeness (QED) is 0.805. The lowest BCUT2D eigenvalue weighted by molar-refractivity contribution is 0.0894. The molecule has 0 saturated heterocycles. The molecule has 1 aromatic carbocycles. The zero-order chi connectivity index (χ0) is 13.6. The van der Waals surface area contributed by atoms with E-state index in [4.69, 9.17) is 4.74 Å². The third-order valence-electron chi connectivity index (χ3n) is 5.15. The van der Waals surface area contributed by atoms with Gasteiger partial charge in [0.15, 0.2) is 5.78 Å². The van der Waals surface area contributed by atoms with E-state index in [2.05, 4.69) is 13.0 Å². The van der Waals surface area contributed by atoms with Crippen LogP contribution in [0.25, 0.3) is 0 Å². The average Bonchev–Trinajstić information content (AvgIpc) is 3.01. The predicted molar refractivity (Wildman–Crippen MR) is 76.0 cm³/mol. The Hall–Kier alpha value is -1.31. The van der Waals surface area contributed by atoms with Crippen LogP contribution in [0.4, 0.5) is 0 Å². The molecule has 0 spiro atoms. The van der Waals surface area contributed by atoms with Crippen molar-refractivity contribution in [2.75, 3.05) is 7.11 Å². The van der Waals surface area contributed by atoms with Gasteiger partial charge in [-0.15, -0.1) is 0 Å². The number of Topliss-reactive ketones (excluding diaryl/α,β-unsaturated/α-hetero) is 1. The van der Waals surface area contributed by atoms with Gasteiger partial charge in [0.05, 0.1) is 7.11 Å². The summed E-state index contributed by atoms with van der Waals surface area (Å²) < 4.78 is 5.44. The molecule has 0 heterocycles. The van der Waals surface area contributed by atoms with Gasteiger partial charge in [0, 0.05) is 11.5 Å². The fourth-order valence-electron chi connectivity index (χ4n) is 3.92. The molecular formula is C17H22O2. The molecular weight excluding hydrogens is 236 g/mol. The van der Waals surface area contributed by atoms with E-state index in [-0.39, 0.29) is 5.92 Å². The number of methoxy groups -OCH3 is 1. The number of carbonyl (C=O) groups excluding carboxylic acids is 1. The van der Waals surface area contributed by atoms with Crippen LogP contribution in [0.2, 0.25) is 0 Å². The van der Waals surface area contributed by atoms with Crippen LogP contribution in [0.1, 0.15) is 52.7 Å². The van der Waals surface area contributed by atoms with Crippen molar-refractivity contribution in [3.05, 3.63) is 28.3 Å². The monoisotopic (exact) mass is 258 g/mol. The van der Waals surface area contributed by atoms with Crippen LogP contribution in [0, 0.1) is 25.7 Å². The molecule has 2 heteroatoms. The number of ketones is 1. The molecule has 0 aromatic heterocycles. The SMILES string of the molecule is COc1cc2c(c(C)c1C)C(=O)[C@H](C1CCCC1)C2. The van der Waals surface area contributed by atoms with Crippen LogP contribution in [0.3, 0.4) is 0 Å². The van der Waals surface area contributed by atoms with Crippen molar-refractivity contribution in [2.45, 2.75) is 46.0 Å². The van der Waals surface area contributed by atoms with E-state index < -0.39 is 0 Å². The van der Waals surface area contributed by atoms with Crippen molar-refractivity contribution in [1.82, 2.24) is 0 Å². The third-order valence-corrected chi connectivity index (χ3v) is 5.15. The predicted octanol–water partition coefficient (Wildman–Crippen LogP) is 3.86. The van der Waals surface area contributed by atoms with Gasteiger partial charge in [-0.25, -0.2) is 0 Å². The van der Waals surface area contributed by atoms with Crippen molar-refractivity contribution in [3.63, 3.8) is 0 Å². The van der Waals surface area contributed by atoms with Gasteiger partial charge in [-0.1, -0.05) is 12.8 Å². The maximum absolute atomic E-state index is 12.7. The molecule has 3 rings (SSSR count). The molecule has 1 aromatic rings. The number of fused-ring (bicyclic) bond motifs is 1. The Balaban J connectivity index is 2.00. The molecule has 0 aliphatic heterocycles. The summed E-state index contributed by atoms with van der Waals surface area (Å²) in [6.07, 6.45) is 5.99. The van der Waals surface area contributed by atoms with Gasteiger partial charge in [-0.05, 0) is 61.8 Å². The highest BCUT2D eigenvalue weighted by molar-refractivity contribution is 6.04. The molecule has 19 heavy (non-hydrogen) atoms. The second-order valence-electron chi connectivity index (χ2n) is 6.08. The van der Waals surface area contributed by atoms with Crippen LogP contribution >= 0.6 is 0 Å². The fourth-order valence-corrected chi connectivity index (χ4v) is 3.92. The highest BCUT2D eigenvalue weighted by Gasteiger charge is 2.38. The van der Waals surface area contributed by atoms with E-state index in [0.29, 0.717) is 11.7 Å². The molecule has 0 amide bonds. The lowest BCUT2D eigenvalue weighted by Gasteiger charge is -2.15. The Morgan fingerprint density at radius 2 is 1.84 bits per heavy atom. The van der Waals surface area contributed by atoms with E-state index in [1.54, 1.807) is 7.11 Å². The molecule has 0 unspecified atom stereocenters. The highest BCUT2D eigenvalue weighted by atomic mass is 16.5. The maximum atomic E-state index is 12.7. The Bertz CT molecular complexity index is 525. The minimum Gasteiger partial charge on any atom is -0.496 e. The first-order valence-corrected chi connectivity index (χ1v) is 7.34. The smallest absolute Gasteiger partial charge is 0.167 e. The molecule has 2 aliphatic carbocycles. The summed E-state index contributed by atoms with van der Waals surface area (Å²) in [6, 6.07) is 2.09. The standard InChI is InChI=1S/C17H22O2/c1-10-11(2)16-13(9-15(10)19-3)8-14(17(16)18)12-6-4-5-7-12/h9,12,14H,4-8H2,1-3H3/t14-/m0/s1. The molecule has 1 fully saturated rings. The fraction of sp³-hybridized carbons (Fsp3) is 0.588. The lowest BCUT2D eigenvalue weighted by Crippen LogP contribution is -2.18. The van der Waals surface area contributed by atoms with E-state index in [1.807, 2.05) is 6.92 Å². The van der Waals surface area contributed by atoms with Crippen LogP contribution in [0.5, 0.6) is 5.75 Å². The van der Waals surface area contributed by atoms with Crippen molar-refractivity contribution in [2.24, 2.45) is 11.8 Å². The number of ether oxygens (including phenoxy) is 1. The summed E-state index contributed by atoms with van der Waals surface area (Å²) in [6.45, 7) is 4.11. The summed E-state index contributed by atoms with van der Waals surface area (Å²) in [7, 11) is 1.71. The van der Waals surface area contributed by atoms with E-state index >= 15 is 0 Å². The Morgan fingerprint density at radius 1 is 1.16 bits per heavy atom. The second kappa shape index (κ2) is 4.66. The molecule has 0 bridgehead atoms. The van der Waals surface area contributed by atoms with Crippen LogP contribution in [0.15, 0.2) is 6.07 Å². The molecule has 1 atom stereocenters. The second-order valence-corrected chi connectivity index (χ2v) is 6.08. The maximum Gasteiger partial charge on any atom is 0.167 e. The van der Waals surface area contributed by atoms with Gasteiger partial charge in [-0.2, -0.15) is 0 Å². The van der Waals surface area contributed by atoms with Gasteiger partial charge >= 0.3 is 0 Å². The third kappa shape index (κ3) is 1.89. The average molecular weight is 258 g/mol. The first kappa shape index (κ1) is 12.7. The number of rotatable bonds is 2. The van der Waals surface area contributed by atoms with Crippen molar-refractivity contribution in [3.8, 4) is 5.75 Å². The molecule has 1 saturated carbocycles.